The van der Waals surface area contributed by atoms with Crippen molar-refractivity contribution in [2.75, 3.05) is 56.2 Å². The lowest BCUT2D eigenvalue weighted by molar-refractivity contribution is -0.129. The average molecular weight is 428 g/mol. The van der Waals surface area contributed by atoms with Crippen molar-refractivity contribution in [1.29, 1.82) is 0 Å². The molecule has 1 atom stereocenters. The van der Waals surface area contributed by atoms with E-state index in [4.69, 9.17) is 21.7 Å². The predicted octanol–water partition coefficient (Wildman–Crippen LogP) is 1.48. The molecular weight excluding hydrogens is 406 g/mol. The summed E-state index contributed by atoms with van der Waals surface area (Å²) in [5, 5.41) is 2.93. The van der Waals surface area contributed by atoms with Gasteiger partial charge in [0.25, 0.3) is 5.17 Å². The zero-order valence-electron chi connectivity index (χ0n) is 16.1. The van der Waals surface area contributed by atoms with Gasteiger partial charge in [0.1, 0.15) is 11.8 Å². The highest BCUT2D eigenvalue weighted by Gasteiger charge is 2.34. The number of benzene rings is 1. The summed E-state index contributed by atoms with van der Waals surface area (Å²) >= 11 is 4.86. The van der Waals surface area contributed by atoms with Crippen LogP contribution in [0.3, 0.4) is 0 Å². The summed E-state index contributed by atoms with van der Waals surface area (Å²) in [4.78, 5) is 27.9. The Balaban J connectivity index is 1.70. The first-order valence-corrected chi connectivity index (χ1v) is 9.50. The highest BCUT2D eigenvalue weighted by atomic mass is 32.1. The molecule has 29 heavy (non-hydrogen) atoms. The molecule has 1 aromatic rings. The van der Waals surface area contributed by atoms with E-state index >= 15 is 0 Å². The van der Waals surface area contributed by atoms with Crippen molar-refractivity contribution in [3.8, 4) is 0 Å². The van der Waals surface area contributed by atoms with Gasteiger partial charge in [0.05, 0.1) is 25.9 Å². The molecule has 2 heterocycles. The third kappa shape index (κ3) is 4.66. The first kappa shape index (κ1) is 21.0. The summed E-state index contributed by atoms with van der Waals surface area (Å²) in [5.41, 5.74) is -0.0823. The molecule has 8 nitrogen and oxygen atoms in total. The largest absolute Gasteiger partial charge is 0.474 e. The molecule has 11 heteroatoms. The number of nitrogens with zero attached hydrogens (tertiary/aromatic N) is 3. The van der Waals surface area contributed by atoms with Crippen LogP contribution in [0.15, 0.2) is 12.1 Å². The van der Waals surface area contributed by atoms with Crippen LogP contribution in [0.25, 0.3) is 0 Å². The Morgan fingerprint density at radius 3 is 2.45 bits per heavy atom. The van der Waals surface area contributed by atoms with Crippen LogP contribution >= 0.6 is 12.2 Å². The first-order chi connectivity index (χ1) is 13.8. The van der Waals surface area contributed by atoms with E-state index in [0.717, 1.165) is 12.1 Å². The van der Waals surface area contributed by atoms with Gasteiger partial charge >= 0.3 is 6.09 Å². The molecule has 3 rings (SSSR count). The Kier molecular flexibility index (Phi) is 6.36. The Hall–Kier alpha value is -2.69. The van der Waals surface area contributed by atoms with Gasteiger partial charge in [0, 0.05) is 45.2 Å². The van der Waals surface area contributed by atoms with Crippen molar-refractivity contribution in [2.45, 2.75) is 13.0 Å². The highest BCUT2D eigenvalue weighted by Crippen LogP contribution is 2.31. The number of hydrogen-bond donors (Lipinski definition) is 1. The minimum Gasteiger partial charge on any atom is -0.474 e. The van der Waals surface area contributed by atoms with Crippen LogP contribution in [-0.4, -0.2) is 74.6 Å². The molecule has 158 valence electrons. The van der Waals surface area contributed by atoms with Gasteiger partial charge in [-0.25, -0.2) is 13.6 Å². The lowest BCUT2D eigenvalue weighted by Crippen LogP contribution is -2.48. The molecule has 0 radical (unpaired) electrons. The summed E-state index contributed by atoms with van der Waals surface area (Å²) in [6, 6.07) is 2.24. The Bertz CT molecular complexity index is 794. The monoisotopic (exact) mass is 428 g/mol. The molecule has 0 aromatic heterocycles. The number of hydrogen-bond acceptors (Lipinski definition) is 6. The Labute approximate surface area is 172 Å². The van der Waals surface area contributed by atoms with Crippen molar-refractivity contribution in [3.05, 3.63) is 23.8 Å². The van der Waals surface area contributed by atoms with Crippen molar-refractivity contribution in [3.63, 3.8) is 0 Å². The highest BCUT2D eigenvalue weighted by molar-refractivity contribution is 7.80. The van der Waals surface area contributed by atoms with E-state index in [9.17, 15) is 18.4 Å². The van der Waals surface area contributed by atoms with E-state index in [1.54, 1.807) is 9.80 Å². The van der Waals surface area contributed by atoms with Gasteiger partial charge in [-0.05, 0) is 12.2 Å². The molecule has 2 fully saturated rings. The van der Waals surface area contributed by atoms with Crippen molar-refractivity contribution >= 4 is 40.8 Å². The van der Waals surface area contributed by atoms with Crippen LogP contribution in [0.2, 0.25) is 0 Å². The standard InChI is InChI=1S/C18H22F2N4O4S/c1-11(25)22-3-5-23(6-4-22)16-14(19)7-12(8-15(16)20)24-10-13(28-18(24)26)9-21-17(29)27-2/h7-8,13H,3-6,9-10H2,1-2H3,(H,21,29)/t13-/m0/s1. The normalized spacial score (nSPS) is 19.2. The predicted molar refractivity (Wildman–Crippen MR) is 106 cm³/mol. The Morgan fingerprint density at radius 2 is 1.90 bits per heavy atom. The maximum Gasteiger partial charge on any atom is 0.414 e. The fourth-order valence-electron chi connectivity index (χ4n) is 3.36. The summed E-state index contributed by atoms with van der Waals surface area (Å²) in [5.74, 6) is -1.61. The van der Waals surface area contributed by atoms with Crippen LogP contribution in [0.1, 0.15) is 6.92 Å². The fraction of sp³-hybridized carbons (Fsp3) is 0.500. The molecule has 2 saturated heterocycles. The summed E-state index contributed by atoms with van der Waals surface area (Å²) in [6.45, 7) is 3.24. The van der Waals surface area contributed by atoms with Crippen LogP contribution in [0.4, 0.5) is 25.0 Å². The van der Waals surface area contributed by atoms with E-state index in [-0.39, 0.29) is 35.5 Å². The maximum absolute atomic E-state index is 14.7. The number of halogens is 2. The van der Waals surface area contributed by atoms with E-state index in [1.165, 1.54) is 18.9 Å². The van der Waals surface area contributed by atoms with Crippen LogP contribution in [-0.2, 0) is 14.3 Å². The third-order valence-electron chi connectivity index (χ3n) is 4.89. The number of nitrogens with one attached hydrogen (secondary N) is 1. The number of carbonyl (C=O) groups is 2. The summed E-state index contributed by atoms with van der Waals surface area (Å²) < 4.78 is 39.5. The number of methoxy groups -OCH3 is 1. The molecule has 0 unspecified atom stereocenters. The molecule has 0 saturated carbocycles. The van der Waals surface area contributed by atoms with E-state index in [2.05, 4.69) is 5.32 Å². The number of cyclic esters (lactones) is 1. The van der Waals surface area contributed by atoms with E-state index in [0.29, 0.717) is 26.2 Å². The van der Waals surface area contributed by atoms with Crippen LogP contribution < -0.4 is 15.1 Å². The van der Waals surface area contributed by atoms with Gasteiger partial charge in [-0.15, -0.1) is 0 Å². The van der Waals surface area contributed by atoms with Gasteiger partial charge in [-0.2, -0.15) is 0 Å². The van der Waals surface area contributed by atoms with Gasteiger partial charge in [-0.3, -0.25) is 9.69 Å². The average Bonchev–Trinajstić information content (AvgIpc) is 3.06. The van der Waals surface area contributed by atoms with Crippen LogP contribution in [0, 0.1) is 11.6 Å². The minimum absolute atomic E-state index is 0.0659. The van der Waals surface area contributed by atoms with Gasteiger partial charge in [0.2, 0.25) is 5.91 Å². The molecule has 0 spiro atoms. The zero-order valence-corrected chi connectivity index (χ0v) is 16.9. The Morgan fingerprint density at radius 1 is 1.28 bits per heavy atom. The molecular formula is C18H22F2N4O4S. The summed E-state index contributed by atoms with van der Waals surface area (Å²) in [6.07, 6.45) is -1.23. The van der Waals surface area contributed by atoms with Crippen molar-refractivity contribution in [1.82, 2.24) is 10.2 Å². The molecule has 0 aliphatic carbocycles. The fourth-order valence-corrected chi connectivity index (χ4v) is 3.45. The second-order valence-electron chi connectivity index (χ2n) is 6.74. The van der Waals surface area contributed by atoms with Gasteiger partial charge in [0.15, 0.2) is 11.6 Å². The number of anilines is 2. The molecule has 1 N–H and O–H groups in total. The van der Waals surface area contributed by atoms with Crippen LogP contribution in [0.5, 0.6) is 0 Å². The number of rotatable bonds is 4. The quantitative estimate of drug-likeness (QED) is 0.729. The van der Waals surface area contributed by atoms with E-state index in [1.807, 2.05) is 0 Å². The maximum atomic E-state index is 14.7. The SMILES string of the molecule is COC(=S)NC[C@H]1CN(c2cc(F)c(N3CCN(C(C)=O)CC3)c(F)c2)C(=O)O1. The van der Waals surface area contributed by atoms with E-state index < -0.39 is 23.8 Å². The molecule has 1 aromatic carbocycles. The van der Waals surface area contributed by atoms with Crippen molar-refractivity contribution in [2.24, 2.45) is 0 Å². The minimum atomic E-state index is -0.772. The molecule has 2 amide bonds. The zero-order chi connectivity index (χ0) is 21.1. The second kappa shape index (κ2) is 8.76. The number of piperazine rings is 1. The first-order valence-electron chi connectivity index (χ1n) is 9.09. The number of thiocarbonyl (C=S) groups is 1. The number of amides is 2. The lowest BCUT2D eigenvalue weighted by atomic mass is 10.2. The lowest BCUT2D eigenvalue weighted by Gasteiger charge is -2.36. The van der Waals surface area contributed by atoms with Crippen molar-refractivity contribution < 1.29 is 27.8 Å². The topological polar surface area (TPSA) is 74.4 Å². The summed E-state index contributed by atoms with van der Waals surface area (Å²) in [7, 11) is 1.41. The molecule has 2 aliphatic rings. The van der Waals surface area contributed by atoms with Gasteiger partial charge < -0.3 is 24.6 Å². The number of ether oxygens (including phenoxy) is 2. The van der Waals surface area contributed by atoms with Gasteiger partial charge in [-0.1, -0.05) is 0 Å². The number of carbonyl (C=O) groups excluding carboxylic acids is 2. The second-order valence-corrected chi connectivity index (χ2v) is 7.11. The molecule has 0 bridgehead atoms. The third-order valence-corrected chi connectivity index (χ3v) is 5.20. The molecule has 2 aliphatic heterocycles. The smallest absolute Gasteiger partial charge is 0.414 e.